The molecule has 27 heavy (non-hydrogen) atoms. The van der Waals surface area contributed by atoms with Crippen LogP contribution in [-0.2, 0) is 6.42 Å². The molecule has 0 spiro atoms. The molecule has 1 saturated heterocycles. The van der Waals surface area contributed by atoms with Gasteiger partial charge in [-0.1, -0.05) is 30.3 Å². The fourth-order valence-electron chi connectivity index (χ4n) is 3.41. The smallest absolute Gasteiger partial charge is 0.253 e. The van der Waals surface area contributed by atoms with E-state index in [9.17, 15) is 9.18 Å². The first-order valence-corrected chi connectivity index (χ1v) is 9.10. The van der Waals surface area contributed by atoms with Crippen molar-refractivity contribution in [3.63, 3.8) is 0 Å². The Morgan fingerprint density at radius 3 is 2.67 bits per heavy atom. The normalized spacial score (nSPS) is 17.1. The molecule has 0 radical (unpaired) electrons. The van der Waals surface area contributed by atoms with Crippen molar-refractivity contribution in [2.75, 3.05) is 13.1 Å². The molecule has 2 heterocycles. The van der Waals surface area contributed by atoms with Crippen LogP contribution in [0, 0.1) is 5.82 Å². The predicted octanol–water partition coefficient (Wildman–Crippen LogP) is 3.82. The standard InChI is InChI=1S/C21H20FN3O2/c22-18-10-8-15(9-11-18)13-19-23-24-20(27-19)17-7-4-12-25(14-17)21(26)16-5-2-1-3-6-16/h1-3,5-6,8-11,17H,4,7,12-14H2. The van der Waals surface area contributed by atoms with Crippen LogP contribution in [0.3, 0.4) is 0 Å². The number of carbonyl (C=O) groups excluding carboxylic acids is 1. The molecule has 0 saturated carbocycles. The third-order valence-electron chi connectivity index (χ3n) is 4.83. The van der Waals surface area contributed by atoms with Crippen LogP contribution in [0.1, 0.15) is 46.5 Å². The van der Waals surface area contributed by atoms with Crippen molar-refractivity contribution in [3.8, 4) is 0 Å². The number of halogens is 1. The van der Waals surface area contributed by atoms with Crippen LogP contribution in [0.5, 0.6) is 0 Å². The maximum absolute atomic E-state index is 13.0. The van der Waals surface area contributed by atoms with Crippen LogP contribution in [-0.4, -0.2) is 34.1 Å². The molecular weight excluding hydrogens is 345 g/mol. The van der Waals surface area contributed by atoms with Crippen LogP contribution in [0.15, 0.2) is 59.0 Å². The number of piperidine rings is 1. The first-order valence-electron chi connectivity index (χ1n) is 9.10. The molecule has 4 rings (SSSR count). The third-order valence-corrected chi connectivity index (χ3v) is 4.83. The van der Waals surface area contributed by atoms with Crippen molar-refractivity contribution < 1.29 is 13.6 Å². The average Bonchev–Trinajstić information content (AvgIpc) is 3.18. The van der Waals surface area contributed by atoms with Gasteiger partial charge in [0.1, 0.15) is 5.82 Å². The fourth-order valence-corrected chi connectivity index (χ4v) is 3.41. The number of hydrogen-bond donors (Lipinski definition) is 0. The van der Waals surface area contributed by atoms with E-state index in [1.807, 2.05) is 35.2 Å². The molecule has 3 aromatic rings. The van der Waals surface area contributed by atoms with Gasteiger partial charge < -0.3 is 9.32 Å². The fraction of sp³-hybridized carbons (Fsp3) is 0.286. The first kappa shape index (κ1) is 17.4. The zero-order chi connectivity index (χ0) is 18.6. The van der Waals surface area contributed by atoms with E-state index in [1.165, 1.54) is 12.1 Å². The van der Waals surface area contributed by atoms with Crippen molar-refractivity contribution in [2.45, 2.75) is 25.2 Å². The van der Waals surface area contributed by atoms with Crippen LogP contribution >= 0.6 is 0 Å². The lowest BCUT2D eigenvalue weighted by atomic mass is 9.97. The highest BCUT2D eigenvalue weighted by Gasteiger charge is 2.28. The second-order valence-electron chi connectivity index (χ2n) is 6.79. The Hall–Kier alpha value is -3.02. The number of benzene rings is 2. The minimum absolute atomic E-state index is 0.0337. The number of hydrogen-bond acceptors (Lipinski definition) is 4. The second kappa shape index (κ2) is 7.70. The number of aromatic nitrogens is 2. The Morgan fingerprint density at radius 2 is 1.89 bits per heavy atom. The number of carbonyl (C=O) groups is 1. The van der Waals surface area contributed by atoms with E-state index >= 15 is 0 Å². The summed E-state index contributed by atoms with van der Waals surface area (Å²) in [6.07, 6.45) is 2.28. The summed E-state index contributed by atoms with van der Waals surface area (Å²) in [5.74, 6) is 0.878. The molecule has 1 fully saturated rings. The summed E-state index contributed by atoms with van der Waals surface area (Å²) in [6.45, 7) is 1.31. The van der Waals surface area contributed by atoms with Crippen LogP contribution in [0.2, 0.25) is 0 Å². The van der Waals surface area contributed by atoms with Gasteiger partial charge in [-0.3, -0.25) is 4.79 Å². The van der Waals surface area contributed by atoms with Gasteiger partial charge in [0.25, 0.3) is 5.91 Å². The third kappa shape index (κ3) is 4.05. The lowest BCUT2D eigenvalue weighted by Gasteiger charge is -2.31. The monoisotopic (exact) mass is 365 g/mol. The van der Waals surface area contributed by atoms with Gasteiger partial charge in [0, 0.05) is 18.7 Å². The SMILES string of the molecule is O=C(c1ccccc1)N1CCCC(c2nnc(Cc3ccc(F)cc3)o2)C1. The zero-order valence-corrected chi connectivity index (χ0v) is 14.8. The van der Waals surface area contributed by atoms with E-state index in [2.05, 4.69) is 10.2 Å². The number of rotatable bonds is 4. The van der Waals surface area contributed by atoms with Crippen LogP contribution < -0.4 is 0 Å². The maximum atomic E-state index is 13.0. The topological polar surface area (TPSA) is 59.2 Å². The Morgan fingerprint density at radius 1 is 1.11 bits per heavy atom. The van der Waals surface area contributed by atoms with Gasteiger partial charge in [0.2, 0.25) is 11.8 Å². The van der Waals surface area contributed by atoms with Gasteiger partial charge in [-0.15, -0.1) is 10.2 Å². The Kier molecular flexibility index (Phi) is 4.96. The first-order chi connectivity index (χ1) is 13.2. The zero-order valence-electron chi connectivity index (χ0n) is 14.8. The molecule has 5 nitrogen and oxygen atoms in total. The molecule has 1 aliphatic rings. The highest BCUT2D eigenvalue weighted by molar-refractivity contribution is 5.94. The highest BCUT2D eigenvalue weighted by atomic mass is 19.1. The number of amides is 1. The summed E-state index contributed by atoms with van der Waals surface area (Å²) < 4.78 is 18.9. The van der Waals surface area contributed by atoms with Gasteiger partial charge >= 0.3 is 0 Å². The van der Waals surface area contributed by atoms with Gasteiger partial charge in [0.15, 0.2) is 0 Å². The molecule has 1 atom stereocenters. The largest absolute Gasteiger partial charge is 0.425 e. The molecule has 1 unspecified atom stereocenters. The maximum Gasteiger partial charge on any atom is 0.253 e. The van der Waals surface area contributed by atoms with Crippen LogP contribution in [0.25, 0.3) is 0 Å². The lowest BCUT2D eigenvalue weighted by molar-refractivity contribution is 0.0698. The summed E-state index contributed by atoms with van der Waals surface area (Å²) >= 11 is 0. The molecule has 1 amide bonds. The van der Waals surface area contributed by atoms with Crippen molar-refractivity contribution in [3.05, 3.63) is 83.3 Å². The van der Waals surface area contributed by atoms with E-state index in [0.29, 0.717) is 30.3 Å². The molecule has 0 bridgehead atoms. The molecule has 6 heteroatoms. The molecule has 0 N–H and O–H groups in total. The van der Waals surface area contributed by atoms with Gasteiger partial charge in [-0.05, 0) is 42.7 Å². The van der Waals surface area contributed by atoms with E-state index in [4.69, 9.17) is 4.42 Å². The number of likely N-dealkylation sites (tertiary alicyclic amines) is 1. The summed E-state index contributed by atoms with van der Waals surface area (Å²) in [5.41, 5.74) is 1.61. The summed E-state index contributed by atoms with van der Waals surface area (Å²) in [6, 6.07) is 15.6. The minimum Gasteiger partial charge on any atom is -0.425 e. The quantitative estimate of drug-likeness (QED) is 0.705. The lowest BCUT2D eigenvalue weighted by Crippen LogP contribution is -2.39. The Bertz CT molecular complexity index is 909. The van der Waals surface area contributed by atoms with Gasteiger partial charge in [-0.25, -0.2) is 4.39 Å². The van der Waals surface area contributed by atoms with E-state index in [-0.39, 0.29) is 17.6 Å². The second-order valence-corrected chi connectivity index (χ2v) is 6.79. The summed E-state index contributed by atoms with van der Waals surface area (Å²) in [5, 5.41) is 8.31. The van der Waals surface area contributed by atoms with Crippen molar-refractivity contribution in [1.82, 2.24) is 15.1 Å². The van der Waals surface area contributed by atoms with E-state index in [0.717, 1.165) is 24.9 Å². The molecule has 1 aromatic heterocycles. The molecule has 2 aromatic carbocycles. The average molecular weight is 365 g/mol. The van der Waals surface area contributed by atoms with Crippen molar-refractivity contribution in [1.29, 1.82) is 0 Å². The minimum atomic E-state index is -0.268. The van der Waals surface area contributed by atoms with Gasteiger partial charge in [0.05, 0.1) is 12.3 Å². The van der Waals surface area contributed by atoms with Crippen LogP contribution in [0.4, 0.5) is 4.39 Å². The molecule has 0 aliphatic carbocycles. The van der Waals surface area contributed by atoms with Gasteiger partial charge in [-0.2, -0.15) is 0 Å². The molecule has 138 valence electrons. The summed E-state index contributed by atoms with van der Waals surface area (Å²) in [4.78, 5) is 14.5. The van der Waals surface area contributed by atoms with Crippen molar-refractivity contribution >= 4 is 5.91 Å². The van der Waals surface area contributed by atoms with E-state index in [1.54, 1.807) is 12.1 Å². The molecular formula is C21H20FN3O2. The van der Waals surface area contributed by atoms with Crippen molar-refractivity contribution in [2.24, 2.45) is 0 Å². The summed E-state index contributed by atoms with van der Waals surface area (Å²) in [7, 11) is 0. The Balaban J connectivity index is 1.43. The highest BCUT2D eigenvalue weighted by Crippen LogP contribution is 2.27. The predicted molar refractivity (Wildman–Crippen MR) is 97.8 cm³/mol. The number of nitrogens with zero attached hydrogens (tertiary/aromatic N) is 3. The Labute approximate surface area is 156 Å². The van der Waals surface area contributed by atoms with E-state index < -0.39 is 0 Å². The molecule has 1 aliphatic heterocycles.